The number of methoxy groups -OCH3 is 1. The quantitative estimate of drug-likeness (QED) is 0.231. The maximum Gasteiger partial charge on any atom is 0.191 e. The third kappa shape index (κ3) is 7.56. The summed E-state index contributed by atoms with van der Waals surface area (Å²) in [5.41, 5.74) is 4.79. The van der Waals surface area contributed by atoms with Crippen molar-refractivity contribution in [3.63, 3.8) is 0 Å². The van der Waals surface area contributed by atoms with E-state index in [-0.39, 0.29) is 24.0 Å². The number of rotatable bonds is 9. The van der Waals surface area contributed by atoms with Crippen LogP contribution in [-0.4, -0.2) is 32.1 Å². The van der Waals surface area contributed by atoms with Crippen LogP contribution in [0.2, 0.25) is 0 Å². The van der Waals surface area contributed by atoms with Crippen LogP contribution in [0.25, 0.3) is 0 Å². The van der Waals surface area contributed by atoms with Crippen molar-refractivity contribution in [1.82, 2.24) is 15.5 Å². The molecular formula is C25H33IN4O2. The van der Waals surface area contributed by atoms with Crippen molar-refractivity contribution in [2.24, 2.45) is 4.99 Å². The molecule has 0 aliphatic heterocycles. The van der Waals surface area contributed by atoms with Gasteiger partial charge < -0.3 is 19.8 Å². The van der Waals surface area contributed by atoms with Gasteiger partial charge in [0.2, 0.25) is 0 Å². The Morgan fingerprint density at radius 2 is 1.69 bits per heavy atom. The minimum Gasteiger partial charge on any atom is -0.496 e. The number of nitrogens with zero attached hydrogens (tertiary/aromatic N) is 2. The first-order valence-corrected chi connectivity index (χ1v) is 10.4. The van der Waals surface area contributed by atoms with E-state index in [1.807, 2.05) is 18.2 Å². The van der Waals surface area contributed by atoms with Crippen LogP contribution in [0, 0.1) is 6.92 Å². The van der Waals surface area contributed by atoms with E-state index in [9.17, 15) is 0 Å². The molecule has 0 saturated heterocycles. The molecule has 32 heavy (non-hydrogen) atoms. The molecule has 3 aromatic rings. The number of nitrogens with one attached hydrogen (secondary N) is 2. The fourth-order valence-corrected chi connectivity index (χ4v) is 3.48. The Labute approximate surface area is 208 Å². The molecular weight excluding hydrogens is 515 g/mol. The predicted molar refractivity (Wildman–Crippen MR) is 141 cm³/mol. The van der Waals surface area contributed by atoms with Gasteiger partial charge in [-0.3, -0.25) is 9.89 Å². The maximum atomic E-state index is 5.50. The van der Waals surface area contributed by atoms with Gasteiger partial charge in [0.1, 0.15) is 11.5 Å². The van der Waals surface area contributed by atoms with E-state index in [4.69, 9.17) is 9.15 Å². The van der Waals surface area contributed by atoms with Gasteiger partial charge >= 0.3 is 0 Å². The first-order chi connectivity index (χ1) is 15.1. The lowest BCUT2D eigenvalue weighted by Crippen LogP contribution is -2.36. The summed E-state index contributed by atoms with van der Waals surface area (Å²) in [6, 6.07) is 18.6. The van der Waals surface area contributed by atoms with Crippen LogP contribution in [-0.2, 0) is 26.2 Å². The van der Waals surface area contributed by atoms with Gasteiger partial charge in [-0.2, -0.15) is 0 Å². The summed E-state index contributed by atoms with van der Waals surface area (Å²) in [4.78, 5) is 6.61. The molecule has 0 amide bonds. The average Bonchev–Trinajstić information content (AvgIpc) is 3.28. The average molecular weight is 548 g/mol. The first-order valence-electron chi connectivity index (χ1n) is 10.4. The number of hydrogen-bond acceptors (Lipinski definition) is 4. The van der Waals surface area contributed by atoms with Gasteiger partial charge in [0.15, 0.2) is 5.96 Å². The lowest BCUT2D eigenvalue weighted by Gasteiger charge is -2.19. The van der Waals surface area contributed by atoms with Crippen LogP contribution in [0.3, 0.4) is 0 Å². The Morgan fingerprint density at radius 1 is 0.969 bits per heavy atom. The van der Waals surface area contributed by atoms with Gasteiger partial charge in [0.05, 0.1) is 19.9 Å². The van der Waals surface area contributed by atoms with Gasteiger partial charge in [0.25, 0.3) is 0 Å². The summed E-state index contributed by atoms with van der Waals surface area (Å²) in [5.74, 6) is 2.60. The standard InChI is InChI=1S/C25H32N4O2.HI/c1-19-11-12-21(24(14-19)30-4)16-28-25(26-2)27-15-20-8-5-6-9-22(20)17-29(3)18-23-10-7-13-31-23;/h5-14H,15-18H2,1-4H3,(H2,26,27,28);1H. The van der Waals surface area contributed by atoms with Crippen LogP contribution in [0.4, 0.5) is 0 Å². The number of hydrogen-bond donors (Lipinski definition) is 2. The van der Waals surface area contributed by atoms with E-state index in [0.29, 0.717) is 13.1 Å². The predicted octanol–water partition coefficient (Wildman–Crippen LogP) is 4.71. The molecule has 1 heterocycles. The number of furan rings is 1. The zero-order chi connectivity index (χ0) is 22.1. The number of halogens is 1. The van der Waals surface area contributed by atoms with Crippen LogP contribution < -0.4 is 15.4 Å². The monoisotopic (exact) mass is 548 g/mol. The molecule has 0 aliphatic rings. The fourth-order valence-electron chi connectivity index (χ4n) is 3.48. The molecule has 0 aliphatic carbocycles. The Bertz CT molecular complexity index is 989. The largest absolute Gasteiger partial charge is 0.496 e. The third-order valence-electron chi connectivity index (χ3n) is 5.12. The van der Waals surface area contributed by atoms with E-state index in [2.05, 4.69) is 70.9 Å². The highest BCUT2D eigenvalue weighted by molar-refractivity contribution is 14.0. The lowest BCUT2D eigenvalue weighted by atomic mass is 10.1. The van der Waals surface area contributed by atoms with Gasteiger partial charge in [-0.25, -0.2) is 0 Å². The van der Waals surface area contributed by atoms with Crippen molar-refractivity contribution >= 4 is 29.9 Å². The summed E-state index contributed by atoms with van der Waals surface area (Å²) in [7, 11) is 5.58. The SMILES string of the molecule is CN=C(NCc1ccccc1CN(C)Cc1ccco1)NCc1ccc(C)cc1OC.I. The molecule has 0 saturated carbocycles. The molecule has 172 valence electrons. The van der Waals surface area contributed by atoms with E-state index in [1.54, 1.807) is 20.4 Å². The maximum absolute atomic E-state index is 5.50. The van der Waals surface area contributed by atoms with Crippen LogP contribution in [0.15, 0.2) is 70.3 Å². The zero-order valence-electron chi connectivity index (χ0n) is 19.2. The van der Waals surface area contributed by atoms with Crippen LogP contribution in [0.1, 0.15) is 28.0 Å². The molecule has 0 fully saturated rings. The summed E-state index contributed by atoms with van der Waals surface area (Å²) in [5, 5.41) is 6.80. The second-order valence-electron chi connectivity index (χ2n) is 7.61. The molecule has 0 radical (unpaired) electrons. The normalized spacial score (nSPS) is 11.2. The first kappa shape index (κ1) is 25.7. The lowest BCUT2D eigenvalue weighted by molar-refractivity contribution is 0.287. The molecule has 7 heteroatoms. The summed E-state index contributed by atoms with van der Waals surface area (Å²) >= 11 is 0. The molecule has 1 aromatic heterocycles. The van der Waals surface area contributed by atoms with Crippen LogP contribution in [0.5, 0.6) is 5.75 Å². The number of aliphatic imine (C=N–C) groups is 1. The Hall–Kier alpha value is -2.52. The number of benzene rings is 2. The molecule has 6 nitrogen and oxygen atoms in total. The van der Waals surface area contributed by atoms with E-state index >= 15 is 0 Å². The minimum absolute atomic E-state index is 0. The molecule has 2 aromatic carbocycles. The summed E-state index contributed by atoms with van der Waals surface area (Å²) in [6.45, 7) is 5.00. The highest BCUT2D eigenvalue weighted by Crippen LogP contribution is 2.19. The zero-order valence-corrected chi connectivity index (χ0v) is 21.6. The number of guanidine groups is 1. The van der Waals surface area contributed by atoms with Gasteiger partial charge in [-0.15, -0.1) is 24.0 Å². The summed E-state index contributed by atoms with van der Waals surface area (Å²) in [6.07, 6.45) is 1.71. The van der Waals surface area contributed by atoms with Gasteiger partial charge in [-0.05, 0) is 48.9 Å². The summed E-state index contributed by atoms with van der Waals surface area (Å²) < 4.78 is 11.0. The second kappa shape index (κ2) is 13.1. The Morgan fingerprint density at radius 3 is 2.34 bits per heavy atom. The minimum atomic E-state index is 0. The Kier molecular flexibility index (Phi) is 10.6. The van der Waals surface area contributed by atoms with Gasteiger partial charge in [0, 0.05) is 32.2 Å². The molecule has 0 spiro atoms. The van der Waals surface area contributed by atoms with E-state index in [0.717, 1.165) is 36.1 Å². The second-order valence-corrected chi connectivity index (χ2v) is 7.61. The molecule has 0 atom stereocenters. The molecule has 2 N–H and O–H groups in total. The molecule has 0 unspecified atom stereocenters. The number of aryl methyl sites for hydroxylation is 1. The van der Waals surface area contributed by atoms with Gasteiger partial charge in [-0.1, -0.05) is 36.4 Å². The van der Waals surface area contributed by atoms with Crippen molar-refractivity contribution in [1.29, 1.82) is 0 Å². The van der Waals surface area contributed by atoms with Crippen molar-refractivity contribution < 1.29 is 9.15 Å². The Balaban J connectivity index is 0.00000363. The highest BCUT2D eigenvalue weighted by Gasteiger charge is 2.09. The third-order valence-corrected chi connectivity index (χ3v) is 5.12. The highest BCUT2D eigenvalue weighted by atomic mass is 127. The van der Waals surface area contributed by atoms with Crippen molar-refractivity contribution in [3.8, 4) is 5.75 Å². The van der Waals surface area contributed by atoms with Crippen LogP contribution >= 0.6 is 24.0 Å². The van der Waals surface area contributed by atoms with E-state index < -0.39 is 0 Å². The van der Waals surface area contributed by atoms with Crippen molar-refractivity contribution in [3.05, 3.63) is 88.9 Å². The number of ether oxygens (including phenoxy) is 1. The van der Waals surface area contributed by atoms with Crippen molar-refractivity contribution in [2.45, 2.75) is 33.1 Å². The van der Waals surface area contributed by atoms with Crippen molar-refractivity contribution in [2.75, 3.05) is 21.2 Å². The smallest absolute Gasteiger partial charge is 0.191 e. The fraction of sp³-hybridized carbons (Fsp3) is 0.320. The molecule has 3 rings (SSSR count). The van der Waals surface area contributed by atoms with E-state index in [1.165, 1.54) is 16.7 Å². The topological polar surface area (TPSA) is 62.0 Å². The molecule has 0 bridgehead atoms.